The molecule has 1 aromatic carbocycles. The second-order valence-electron chi connectivity index (χ2n) is 8.47. The minimum Gasteiger partial charge on any atom is -0.471 e. The van der Waals surface area contributed by atoms with Gasteiger partial charge in [-0.15, -0.1) is 0 Å². The van der Waals surface area contributed by atoms with E-state index in [-0.39, 0.29) is 18.5 Å². The van der Waals surface area contributed by atoms with Crippen LogP contribution in [-0.2, 0) is 12.8 Å². The lowest BCUT2D eigenvalue weighted by molar-refractivity contribution is -0.137. The molecule has 0 amide bonds. The number of alkyl halides is 3. The van der Waals surface area contributed by atoms with Crippen LogP contribution in [0.1, 0.15) is 36.9 Å². The van der Waals surface area contributed by atoms with E-state index in [0.29, 0.717) is 35.1 Å². The van der Waals surface area contributed by atoms with Crippen LogP contribution < -0.4 is 10.1 Å². The van der Waals surface area contributed by atoms with Gasteiger partial charge in [-0.3, -0.25) is 0 Å². The van der Waals surface area contributed by atoms with Crippen LogP contribution in [0.25, 0.3) is 11.2 Å². The van der Waals surface area contributed by atoms with E-state index in [9.17, 15) is 13.2 Å². The summed E-state index contributed by atoms with van der Waals surface area (Å²) in [7, 11) is 3.95. The van der Waals surface area contributed by atoms with Crippen molar-refractivity contribution < 1.29 is 17.9 Å². The third kappa shape index (κ3) is 5.12. The third-order valence-corrected chi connectivity index (χ3v) is 5.60. The first-order valence-corrected chi connectivity index (χ1v) is 10.6. The van der Waals surface area contributed by atoms with Crippen molar-refractivity contribution in [3.8, 4) is 5.88 Å². The lowest BCUT2D eigenvalue weighted by atomic mass is 10.1. The zero-order valence-electron chi connectivity index (χ0n) is 18.4. The number of ether oxygens (including phenoxy) is 1. The van der Waals surface area contributed by atoms with E-state index < -0.39 is 11.7 Å². The minimum atomic E-state index is -4.40. The second kappa shape index (κ2) is 8.93. The quantitative estimate of drug-likeness (QED) is 0.524. The third-order valence-electron chi connectivity index (χ3n) is 5.60. The predicted octanol–water partition coefficient (Wildman–Crippen LogP) is 4.37. The highest BCUT2D eigenvalue weighted by atomic mass is 19.4. The summed E-state index contributed by atoms with van der Waals surface area (Å²) in [6.45, 7) is 3.51. The SMILES string of the molecule is CC(C1CC1)n1cnc2c(OCc3cccc(C(F)(F)F)c3)nc(NCCN(C)C)nc21. The van der Waals surface area contributed by atoms with Crippen LogP contribution in [0, 0.1) is 5.92 Å². The van der Waals surface area contributed by atoms with Gasteiger partial charge in [0.05, 0.1) is 11.9 Å². The number of likely N-dealkylation sites (N-methyl/N-ethyl adjacent to an activating group) is 1. The summed E-state index contributed by atoms with van der Waals surface area (Å²) >= 11 is 0. The second-order valence-corrected chi connectivity index (χ2v) is 8.47. The van der Waals surface area contributed by atoms with Crippen LogP contribution in [0.5, 0.6) is 5.88 Å². The molecule has 0 saturated heterocycles. The molecule has 1 unspecified atom stereocenters. The van der Waals surface area contributed by atoms with Crippen LogP contribution in [0.2, 0.25) is 0 Å². The van der Waals surface area contributed by atoms with Gasteiger partial charge in [0.15, 0.2) is 11.2 Å². The Bertz CT molecular complexity index is 1080. The number of aromatic nitrogens is 4. The summed E-state index contributed by atoms with van der Waals surface area (Å²) < 4.78 is 47.0. The maximum Gasteiger partial charge on any atom is 0.416 e. The maximum atomic E-state index is 13.0. The number of imidazole rings is 1. The monoisotopic (exact) mass is 448 g/mol. The summed E-state index contributed by atoms with van der Waals surface area (Å²) in [5.74, 6) is 1.26. The number of nitrogens with zero attached hydrogens (tertiary/aromatic N) is 5. The zero-order chi connectivity index (χ0) is 22.9. The van der Waals surface area contributed by atoms with Crippen molar-refractivity contribution in [3.05, 3.63) is 41.7 Å². The summed E-state index contributed by atoms with van der Waals surface area (Å²) in [6.07, 6.45) is -0.306. The van der Waals surface area contributed by atoms with Crippen LogP contribution in [0.4, 0.5) is 19.1 Å². The summed E-state index contributed by atoms with van der Waals surface area (Å²) in [5, 5.41) is 3.20. The van der Waals surface area contributed by atoms with Gasteiger partial charge in [0.25, 0.3) is 0 Å². The zero-order valence-corrected chi connectivity index (χ0v) is 18.4. The Balaban J connectivity index is 1.61. The largest absolute Gasteiger partial charge is 0.471 e. The Kier molecular flexibility index (Phi) is 6.23. The molecule has 1 atom stereocenters. The number of hydrogen-bond acceptors (Lipinski definition) is 6. The molecule has 10 heteroatoms. The van der Waals surface area contributed by atoms with Crippen molar-refractivity contribution in [1.29, 1.82) is 0 Å². The Morgan fingerprint density at radius 2 is 2.03 bits per heavy atom. The molecule has 0 spiro atoms. The summed E-state index contributed by atoms with van der Waals surface area (Å²) in [6, 6.07) is 5.35. The van der Waals surface area contributed by atoms with Gasteiger partial charge in [0, 0.05) is 19.1 Å². The van der Waals surface area contributed by atoms with Crippen molar-refractivity contribution in [1.82, 2.24) is 24.4 Å². The smallest absolute Gasteiger partial charge is 0.416 e. The highest BCUT2D eigenvalue weighted by molar-refractivity contribution is 5.78. The highest BCUT2D eigenvalue weighted by Crippen LogP contribution is 2.41. The van der Waals surface area contributed by atoms with Gasteiger partial charge in [-0.25, -0.2) is 4.98 Å². The fraction of sp³-hybridized carbons (Fsp3) is 0.500. The predicted molar refractivity (Wildman–Crippen MR) is 116 cm³/mol. The number of nitrogens with one attached hydrogen (secondary N) is 1. The minimum absolute atomic E-state index is 0.0573. The van der Waals surface area contributed by atoms with Gasteiger partial charge >= 0.3 is 6.18 Å². The molecule has 0 bridgehead atoms. The molecule has 1 fully saturated rings. The Labute approximate surface area is 184 Å². The van der Waals surface area contributed by atoms with Crippen molar-refractivity contribution in [2.24, 2.45) is 5.92 Å². The number of halogens is 3. The van der Waals surface area contributed by atoms with Gasteiger partial charge in [-0.1, -0.05) is 12.1 Å². The van der Waals surface area contributed by atoms with Crippen LogP contribution in [0.3, 0.4) is 0 Å². The van der Waals surface area contributed by atoms with E-state index >= 15 is 0 Å². The van der Waals surface area contributed by atoms with Crippen molar-refractivity contribution >= 4 is 17.1 Å². The average Bonchev–Trinajstić information content (AvgIpc) is 3.50. The Morgan fingerprint density at radius 3 is 2.72 bits per heavy atom. The molecule has 2 heterocycles. The molecule has 4 rings (SSSR count). The molecular formula is C22H27F3N6O. The maximum absolute atomic E-state index is 13.0. The number of benzene rings is 1. The van der Waals surface area contributed by atoms with Crippen LogP contribution >= 0.6 is 0 Å². The normalized spacial score (nSPS) is 15.3. The van der Waals surface area contributed by atoms with Gasteiger partial charge in [0.2, 0.25) is 11.8 Å². The van der Waals surface area contributed by atoms with E-state index in [4.69, 9.17) is 4.74 Å². The molecule has 1 N–H and O–H groups in total. The number of fused-ring (bicyclic) bond motifs is 1. The molecule has 1 aliphatic carbocycles. The first kappa shape index (κ1) is 22.3. The van der Waals surface area contributed by atoms with Crippen molar-refractivity contribution in [2.45, 2.75) is 38.6 Å². The molecule has 2 aromatic heterocycles. The fourth-order valence-electron chi connectivity index (χ4n) is 3.55. The molecule has 0 aliphatic heterocycles. The Hall–Kier alpha value is -2.88. The molecular weight excluding hydrogens is 421 g/mol. The fourth-order valence-corrected chi connectivity index (χ4v) is 3.55. The highest BCUT2D eigenvalue weighted by Gasteiger charge is 2.31. The topological polar surface area (TPSA) is 68.1 Å². The van der Waals surface area contributed by atoms with Gasteiger partial charge in [-0.2, -0.15) is 23.1 Å². The molecule has 1 saturated carbocycles. The first-order valence-electron chi connectivity index (χ1n) is 10.6. The number of anilines is 1. The van der Waals surface area contributed by atoms with Crippen molar-refractivity contribution in [3.63, 3.8) is 0 Å². The van der Waals surface area contributed by atoms with Crippen molar-refractivity contribution in [2.75, 3.05) is 32.5 Å². The van der Waals surface area contributed by atoms with Gasteiger partial charge in [0.1, 0.15) is 6.61 Å². The summed E-state index contributed by atoms with van der Waals surface area (Å²) in [4.78, 5) is 15.6. The lowest BCUT2D eigenvalue weighted by Gasteiger charge is -2.15. The molecule has 3 aromatic rings. The number of hydrogen-bond donors (Lipinski definition) is 1. The summed E-state index contributed by atoms with van der Waals surface area (Å²) in [5.41, 5.74) is 0.855. The van der Waals surface area contributed by atoms with Crippen LogP contribution in [-0.4, -0.2) is 51.6 Å². The van der Waals surface area contributed by atoms with E-state index in [1.165, 1.54) is 18.9 Å². The van der Waals surface area contributed by atoms with Gasteiger partial charge < -0.3 is 19.5 Å². The molecule has 32 heavy (non-hydrogen) atoms. The van der Waals surface area contributed by atoms with E-state index in [0.717, 1.165) is 18.7 Å². The molecule has 172 valence electrons. The van der Waals surface area contributed by atoms with Gasteiger partial charge in [-0.05, 0) is 57.5 Å². The lowest BCUT2D eigenvalue weighted by Crippen LogP contribution is -2.21. The first-order chi connectivity index (χ1) is 15.2. The van der Waals surface area contributed by atoms with E-state index in [1.807, 2.05) is 23.6 Å². The molecule has 0 radical (unpaired) electrons. The van der Waals surface area contributed by atoms with E-state index in [2.05, 4.69) is 27.2 Å². The average molecular weight is 448 g/mol. The molecule has 7 nitrogen and oxygen atoms in total. The van der Waals surface area contributed by atoms with Crippen LogP contribution in [0.15, 0.2) is 30.6 Å². The van der Waals surface area contributed by atoms with E-state index in [1.54, 1.807) is 12.4 Å². The molecule has 1 aliphatic rings. The Morgan fingerprint density at radius 1 is 1.25 bits per heavy atom. The number of rotatable bonds is 9. The standard InChI is InChI=1S/C22H27F3N6O/c1-14(16-7-8-16)31-13-27-18-19(31)28-21(26-9-10-30(2)3)29-20(18)32-12-15-5-4-6-17(11-15)22(23,24)25/h4-6,11,13-14,16H,7-10,12H2,1-3H3,(H,26,28,29).